The average molecular weight is 225 g/mol. The third-order valence-electron chi connectivity index (χ3n) is 2.13. The fourth-order valence-electron chi connectivity index (χ4n) is 1.43. The zero-order valence-corrected chi connectivity index (χ0v) is 8.61. The Balaban J connectivity index is 2.32. The van der Waals surface area contributed by atoms with E-state index >= 15 is 0 Å². The molecule has 0 amide bonds. The van der Waals surface area contributed by atoms with E-state index in [1.54, 1.807) is 24.5 Å². The van der Waals surface area contributed by atoms with E-state index < -0.39 is 5.97 Å². The minimum Gasteiger partial charge on any atom is -0.481 e. The fourth-order valence-corrected chi connectivity index (χ4v) is 1.60. The maximum atomic E-state index is 10.4. The number of hydrogen-bond donors (Lipinski definition) is 1. The second kappa shape index (κ2) is 3.90. The summed E-state index contributed by atoms with van der Waals surface area (Å²) in [6.07, 6.45) is 3.98. The van der Waals surface area contributed by atoms with Crippen molar-refractivity contribution in [2.45, 2.75) is 12.8 Å². The number of hydrogen-bond acceptors (Lipinski definition) is 2. The number of imidazole rings is 1. The SMILES string of the molecule is O=C(O)CCc1ncc2cc(Cl)ccn12. The molecule has 0 saturated carbocycles. The van der Waals surface area contributed by atoms with Crippen LogP contribution in [0.5, 0.6) is 0 Å². The van der Waals surface area contributed by atoms with Gasteiger partial charge in [-0.05, 0) is 12.1 Å². The number of halogens is 1. The van der Waals surface area contributed by atoms with Gasteiger partial charge in [0.25, 0.3) is 0 Å². The Morgan fingerprint density at radius 2 is 2.40 bits per heavy atom. The maximum absolute atomic E-state index is 10.4. The van der Waals surface area contributed by atoms with Gasteiger partial charge in [0.05, 0.1) is 18.1 Å². The third kappa shape index (κ3) is 2.10. The molecular weight excluding hydrogens is 216 g/mol. The molecule has 4 nitrogen and oxygen atoms in total. The standard InChI is InChI=1S/C10H9ClN2O2/c11-7-3-4-13-8(5-7)6-12-9(13)1-2-10(14)15/h3-6H,1-2H2,(H,14,15). The van der Waals surface area contributed by atoms with Crippen LogP contribution in [0.25, 0.3) is 5.52 Å². The molecule has 0 spiro atoms. The van der Waals surface area contributed by atoms with Crippen molar-refractivity contribution < 1.29 is 9.90 Å². The first-order chi connectivity index (χ1) is 7.16. The highest BCUT2D eigenvalue weighted by Gasteiger charge is 2.05. The van der Waals surface area contributed by atoms with Crippen molar-refractivity contribution >= 4 is 23.1 Å². The molecule has 0 aromatic carbocycles. The second-order valence-corrected chi connectivity index (χ2v) is 3.64. The lowest BCUT2D eigenvalue weighted by molar-refractivity contribution is -0.137. The Hall–Kier alpha value is -1.55. The molecule has 1 N–H and O–H groups in total. The number of carbonyl (C=O) groups is 1. The summed E-state index contributed by atoms with van der Waals surface area (Å²) in [5.41, 5.74) is 0.878. The Kier molecular flexibility index (Phi) is 2.60. The van der Waals surface area contributed by atoms with Crippen LogP contribution in [0.15, 0.2) is 24.5 Å². The topological polar surface area (TPSA) is 54.6 Å². The van der Waals surface area contributed by atoms with Crippen LogP contribution in [0.4, 0.5) is 0 Å². The van der Waals surface area contributed by atoms with Crippen molar-refractivity contribution in [2.24, 2.45) is 0 Å². The first kappa shape index (κ1) is 9.98. The molecule has 15 heavy (non-hydrogen) atoms. The molecular formula is C10H9ClN2O2. The number of aliphatic carboxylic acids is 1. The highest BCUT2D eigenvalue weighted by atomic mass is 35.5. The van der Waals surface area contributed by atoms with E-state index in [1.165, 1.54) is 0 Å². The highest BCUT2D eigenvalue weighted by molar-refractivity contribution is 6.30. The molecule has 0 radical (unpaired) electrons. The molecule has 0 unspecified atom stereocenters. The predicted octanol–water partition coefficient (Wildman–Crippen LogP) is 2.00. The van der Waals surface area contributed by atoms with Gasteiger partial charge < -0.3 is 9.51 Å². The van der Waals surface area contributed by atoms with Crippen molar-refractivity contribution in [3.05, 3.63) is 35.4 Å². The summed E-state index contributed by atoms with van der Waals surface area (Å²) in [5, 5.41) is 9.22. The van der Waals surface area contributed by atoms with Crippen LogP contribution < -0.4 is 0 Å². The van der Waals surface area contributed by atoms with E-state index in [4.69, 9.17) is 16.7 Å². The van der Waals surface area contributed by atoms with Crippen molar-refractivity contribution in [3.63, 3.8) is 0 Å². The number of aryl methyl sites for hydroxylation is 1. The van der Waals surface area contributed by atoms with Gasteiger partial charge >= 0.3 is 5.97 Å². The first-order valence-corrected chi connectivity index (χ1v) is 4.88. The lowest BCUT2D eigenvalue weighted by Gasteiger charge is -1.99. The van der Waals surface area contributed by atoms with Gasteiger partial charge in [0, 0.05) is 17.6 Å². The van der Waals surface area contributed by atoms with Crippen LogP contribution in [0.3, 0.4) is 0 Å². The second-order valence-electron chi connectivity index (χ2n) is 3.21. The number of aromatic nitrogens is 2. The van der Waals surface area contributed by atoms with Crippen molar-refractivity contribution in [1.29, 1.82) is 0 Å². The summed E-state index contributed by atoms with van der Waals surface area (Å²) in [7, 11) is 0. The lowest BCUT2D eigenvalue weighted by atomic mass is 10.3. The van der Waals surface area contributed by atoms with Crippen LogP contribution in [0.1, 0.15) is 12.2 Å². The Bertz CT molecular complexity index is 507. The number of nitrogens with zero attached hydrogens (tertiary/aromatic N) is 2. The van der Waals surface area contributed by atoms with Gasteiger partial charge in [-0.1, -0.05) is 11.6 Å². The molecule has 0 saturated heterocycles. The summed E-state index contributed by atoms with van der Waals surface area (Å²) < 4.78 is 1.84. The van der Waals surface area contributed by atoms with Crippen LogP contribution in [-0.4, -0.2) is 20.5 Å². The minimum absolute atomic E-state index is 0.0851. The summed E-state index contributed by atoms with van der Waals surface area (Å²) in [5.74, 6) is -0.0789. The Labute approximate surface area is 91.1 Å². The van der Waals surface area contributed by atoms with Crippen LogP contribution >= 0.6 is 11.6 Å². The normalized spacial score (nSPS) is 10.7. The van der Waals surface area contributed by atoms with Crippen LogP contribution in [0.2, 0.25) is 5.02 Å². The molecule has 2 heterocycles. The average Bonchev–Trinajstić information content (AvgIpc) is 2.57. The molecule has 0 fully saturated rings. The molecule has 2 aromatic heterocycles. The van der Waals surface area contributed by atoms with Crippen molar-refractivity contribution in [1.82, 2.24) is 9.38 Å². The van der Waals surface area contributed by atoms with Crippen molar-refractivity contribution in [3.8, 4) is 0 Å². The zero-order chi connectivity index (χ0) is 10.8. The number of carboxylic acid groups (broad SMARTS) is 1. The first-order valence-electron chi connectivity index (χ1n) is 4.50. The number of pyridine rings is 1. The van der Waals surface area contributed by atoms with Crippen molar-refractivity contribution in [2.75, 3.05) is 0 Å². The molecule has 5 heteroatoms. The van der Waals surface area contributed by atoms with Gasteiger partial charge in [-0.15, -0.1) is 0 Å². The van der Waals surface area contributed by atoms with Crippen LogP contribution in [-0.2, 0) is 11.2 Å². The van der Waals surface area contributed by atoms with Crippen LogP contribution in [0, 0.1) is 0 Å². The third-order valence-corrected chi connectivity index (χ3v) is 2.37. The zero-order valence-electron chi connectivity index (χ0n) is 7.85. The maximum Gasteiger partial charge on any atom is 0.303 e. The van der Waals surface area contributed by atoms with E-state index in [0.717, 1.165) is 11.3 Å². The summed E-state index contributed by atoms with van der Waals surface area (Å²) in [4.78, 5) is 14.6. The quantitative estimate of drug-likeness (QED) is 0.868. The lowest BCUT2D eigenvalue weighted by Crippen LogP contribution is -2.01. The summed E-state index contributed by atoms with van der Waals surface area (Å²) in [6.45, 7) is 0. The van der Waals surface area contributed by atoms with E-state index in [0.29, 0.717) is 11.4 Å². The molecule has 0 atom stereocenters. The predicted molar refractivity (Wildman–Crippen MR) is 56.2 cm³/mol. The number of carboxylic acids is 1. The smallest absolute Gasteiger partial charge is 0.303 e. The van der Waals surface area contributed by atoms with E-state index in [-0.39, 0.29) is 6.42 Å². The highest BCUT2D eigenvalue weighted by Crippen LogP contribution is 2.14. The molecule has 0 bridgehead atoms. The Morgan fingerprint density at radius 3 is 3.13 bits per heavy atom. The van der Waals surface area contributed by atoms with E-state index in [9.17, 15) is 4.79 Å². The van der Waals surface area contributed by atoms with Gasteiger partial charge in [-0.2, -0.15) is 0 Å². The fraction of sp³-hybridized carbons (Fsp3) is 0.200. The Morgan fingerprint density at radius 1 is 1.60 bits per heavy atom. The molecule has 2 aromatic rings. The monoisotopic (exact) mass is 224 g/mol. The summed E-state index contributed by atoms with van der Waals surface area (Å²) in [6, 6.07) is 3.54. The van der Waals surface area contributed by atoms with Gasteiger partial charge in [-0.25, -0.2) is 4.98 Å². The molecule has 2 rings (SSSR count). The van der Waals surface area contributed by atoms with E-state index in [1.807, 2.05) is 4.40 Å². The molecule has 0 aliphatic heterocycles. The summed E-state index contributed by atoms with van der Waals surface area (Å²) >= 11 is 5.82. The minimum atomic E-state index is -0.819. The number of rotatable bonds is 3. The van der Waals surface area contributed by atoms with Gasteiger partial charge in [0.2, 0.25) is 0 Å². The molecule has 78 valence electrons. The molecule has 0 aliphatic carbocycles. The van der Waals surface area contributed by atoms with Gasteiger partial charge in [0.15, 0.2) is 0 Å². The van der Waals surface area contributed by atoms with Gasteiger partial charge in [0.1, 0.15) is 5.82 Å². The number of fused-ring (bicyclic) bond motifs is 1. The van der Waals surface area contributed by atoms with Gasteiger partial charge in [-0.3, -0.25) is 4.79 Å². The largest absolute Gasteiger partial charge is 0.481 e. The molecule has 0 aliphatic rings. The van der Waals surface area contributed by atoms with E-state index in [2.05, 4.69) is 4.98 Å².